The number of carbonyl (C=O) groups is 9. The Morgan fingerprint density at radius 2 is 1.21 bits per heavy atom. The fourth-order valence-corrected chi connectivity index (χ4v) is 7.99. The third-order valence-corrected chi connectivity index (χ3v) is 10.7. The van der Waals surface area contributed by atoms with Crippen LogP contribution in [0.15, 0.2) is 48.3 Å². The van der Waals surface area contributed by atoms with Gasteiger partial charge >= 0.3 is 53.7 Å². The number of hydrogen-bond acceptors (Lipinski definition) is 26. The van der Waals surface area contributed by atoms with Gasteiger partial charge in [0.25, 0.3) is 0 Å². The highest BCUT2D eigenvalue weighted by Crippen LogP contribution is 2.44. The van der Waals surface area contributed by atoms with Crippen LogP contribution in [0, 0.1) is 11.8 Å². The van der Waals surface area contributed by atoms with Crippen molar-refractivity contribution in [2.75, 3.05) is 20.3 Å². The second-order valence-electron chi connectivity index (χ2n) is 16.5. The second kappa shape index (κ2) is 26.1. The predicted molar refractivity (Wildman–Crippen MR) is 234 cm³/mol. The summed E-state index contributed by atoms with van der Waals surface area (Å²) in [4.78, 5) is 131. The largest absolute Gasteiger partial charge is 0.493 e. The van der Waals surface area contributed by atoms with Crippen LogP contribution in [0.3, 0.4) is 0 Å². The number of ether oxygens (including phenoxy) is 13. The Kier molecular flexibility index (Phi) is 20.4. The first-order chi connectivity index (χ1) is 34.5. The quantitative estimate of drug-likeness (QED) is 0.0343. The number of hydrogen-bond donors (Lipinski definition) is 0. The highest BCUT2D eigenvalue weighted by molar-refractivity contribution is 5.87. The summed E-state index contributed by atoms with van der Waals surface area (Å²) >= 11 is 0. The van der Waals surface area contributed by atoms with Crippen molar-refractivity contribution < 1.29 is 124 Å². The molecule has 14 atom stereocenters. The minimum absolute atomic E-state index is 0.115. The van der Waals surface area contributed by atoms with Gasteiger partial charge in [0.1, 0.15) is 19.3 Å². The maximum atomic E-state index is 13.7. The highest BCUT2D eigenvalue weighted by atomic mass is 17.2. The molecule has 0 bridgehead atoms. The van der Waals surface area contributed by atoms with Gasteiger partial charge in [0.05, 0.1) is 31.5 Å². The average Bonchev–Trinajstić information content (AvgIpc) is 3.65. The lowest BCUT2D eigenvalue weighted by molar-refractivity contribution is -0.419. The number of rotatable bonds is 20. The van der Waals surface area contributed by atoms with Crippen LogP contribution in [0.2, 0.25) is 0 Å². The highest BCUT2D eigenvalue weighted by Gasteiger charge is 2.57. The van der Waals surface area contributed by atoms with Gasteiger partial charge in [-0.2, -0.15) is 9.78 Å². The average molecular weight is 1040 g/mol. The van der Waals surface area contributed by atoms with E-state index in [0.29, 0.717) is 11.1 Å². The van der Waals surface area contributed by atoms with E-state index >= 15 is 0 Å². The van der Waals surface area contributed by atoms with Crippen LogP contribution in [0.4, 0.5) is 0 Å². The molecule has 0 unspecified atom stereocenters. The molecule has 0 saturated carbocycles. The molecule has 1 aliphatic carbocycles. The van der Waals surface area contributed by atoms with Gasteiger partial charge in [-0.15, -0.1) is 0 Å². The molecule has 26 heteroatoms. The summed E-state index contributed by atoms with van der Waals surface area (Å²) in [5.41, 5.74) is 0.716. The number of benzene rings is 1. The fourth-order valence-electron chi connectivity index (χ4n) is 7.99. The summed E-state index contributed by atoms with van der Waals surface area (Å²) in [6.45, 7) is 9.25. The summed E-state index contributed by atoms with van der Waals surface area (Å²) in [7, 11) is 1.35. The SMILES string of the molecule is COc1cc(/C=C/C(=O)O[C@H]2[C@H](O[C@@H]3C=C(COC(C)=O)[C@H]4[C@H](O[C@@H]5O[C@H](COC(C)=O)[C@@H](OC(C)=O)[C@H](OC(C)=O)[C@H]5OC(C)=O)OC=C[C@H]43)O[C@@H](C)[C@H](OOC(C)=O)[C@H]2OOC(C)=O)ccc1OC(C)=O. The molecule has 0 radical (unpaired) electrons. The Hall–Kier alpha value is -6.97. The minimum Gasteiger partial charge on any atom is -0.493 e. The number of carbonyl (C=O) groups excluding carboxylic acids is 9. The van der Waals surface area contributed by atoms with Crippen molar-refractivity contribution in [1.29, 1.82) is 0 Å². The molecule has 2 saturated heterocycles. The van der Waals surface area contributed by atoms with Crippen molar-refractivity contribution >= 4 is 59.8 Å². The molecule has 26 nitrogen and oxygen atoms in total. The van der Waals surface area contributed by atoms with Crippen molar-refractivity contribution in [1.82, 2.24) is 0 Å². The Balaban J connectivity index is 1.51. The van der Waals surface area contributed by atoms with Gasteiger partial charge < -0.3 is 61.6 Å². The number of fused-ring (bicyclic) bond motifs is 1. The Morgan fingerprint density at radius 3 is 1.81 bits per heavy atom. The van der Waals surface area contributed by atoms with Gasteiger partial charge in [0.15, 0.2) is 54.4 Å². The minimum atomic E-state index is -1.72. The zero-order chi connectivity index (χ0) is 53.7. The van der Waals surface area contributed by atoms with E-state index in [1.807, 2.05) is 0 Å². The Labute approximate surface area is 417 Å². The van der Waals surface area contributed by atoms with Crippen molar-refractivity contribution in [3.05, 3.63) is 53.8 Å². The van der Waals surface area contributed by atoms with Crippen molar-refractivity contribution in [3.8, 4) is 11.5 Å². The summed E-state index contributed by atoms with van der Waals surface area (Å²) in [5, 5.41) is 0. The first-order valence-electron chi connectivity index (χ1n) is 22.4. The molecule has 0 amide bonds. The van der Waals surface area contributed by atoms with Crippen LogP contribution in [-0.2, 0) is 115 Å². The molecule has 0 spiro atoms. The molecule has 2 fully saturated rings. The molecular weight excluding hydrogens is 980 g/mol. The van der Waals surface area contributed by atoms with E-state index in [1.165, 1.54) is 58.4 Å². The maximum Gasteiger partial charge on any atom is 0.339 e. The second-order valence-corrected chi connectivity index (χ2v) is 16.5. The maximum absolute atomic E-state index is 13.7. The fraction of sp³-hybridized carbons (Fsp3) is 0.553. The van der Waals surface area contributed by atoms with E-state index in [2.05, 4.69) is 0 Å². The lowest BCUT2D eigenvalue weighted by Crippen LogP contribution is -2.63. The smallest absolute Gasteiger partial charge is 0.339 e. The topological polar surface area (TPSA) is 311 Å². The van der Waals surface area contributed by atoms with Crippen LogP contribution in [0.1, 0.15) is 67.9 Å². The predicted octanol–water partition coefficient (Wildman–Crippen LogP) is 2.11. The monoisotopic (exact) mass is 1040 g/mol. The molecule has 0 aromatic heterocycles. The van der Waals surface area contributed by atoms with Crippen LogP contribution < -0.4 is 9.47 Å². The van der Waals surface area contributed by atoms with E-state index in [0.717, 1.165) is 47.6 Å². The van der Waals surface area contributed by atoms with E-state index < -0.39 is 146 Å². The third-order valence-electron chi connectivity index (χ3n) is 10.7. The molecular formula is C47H56O26. The summed E-state index contributed by atoms with van der Waals surface area (Å²) in [5.74, 6) is -9.06. The third kappa shape index (κ3) is 16.0. The van der Waals surface area contributed by atoms with Crippen molar-refractivity contribution in [2.45, 2.75) is 136 Å². The van der Waals surface area contributed by atoms with E-state index in [4.69, 9.17) is 81.1 Å². The Bertz CT molecular complexity index is 2300. The molecule has 400 valence electrons. The first kappa shape index (κ1) is 56.9. The lowest BCUT2D eigenvalue weighted by Gasteiger charge is -2.46. The zero-order valence-corrected chi connectivity index (χ0v) is 41.2. The molecule has 0 N–H and O–H groups in total. The molecule has 1 aromatic carbocycles. The molecule has 3 heterocycles. The van der Waals surface area contributed by atoms with Gasteiger partial charge in [-0.3, -0.25) is 38.5 Å². The number of esters is 7. The summed E-state index contributed by atoms with van der Waals surface area (Å²) < 4.78 is 74.9. The molecule has 73 heavy (non-hydrogen) atoms. The van der Waals surface area contributed by atoms with Crippen LogP contribution in [0.5, 0.6) is 11.5 Å². The van der Waals surface area contributed by atoms with Gasteiger partial charge in [0, 0.05) is 67.4 Å². The summed E-state index contributed by atoms with van der Waals surface area (Å²) in [6, 6.07) is 4.43. The van der Waals surface area contributed by atoms with E-state index in [-0.39, 0.29) is 18.1 Å². The Morgan fingerprint density at radius 1 is 0.603 bits per heavy atom. The molecule has 1 aromatic rings. The summed E-state index contributed by atoms with van der Waals surface area (Å²) in [6.07, 6.45) is -11.3. The van der Waals surface area contributed by atoms with E-state index in [9.17, 15) is 43.2 Å². The molecule has 3 aliphatic heterocycles. The van der Waals surface area contributed by atoms with Crippen LogP contribution >= 0.6 is 0 Å². The van der Waals surface area contributed by atoms with Crippen molar-refractivity contribution in [3.63, 3.8) is 0 Å². The standard InChI is InChI=1S/C47H56O26/c1-21-39(72-70-28(8)54)42(73-71-29(9)55)44(68-37(56)14-12-30-11-13-33(62-24(4)50)35(17-30)57-10)46(61-21)66-34-18-31(19-59-22(2)48)38-32(34)15-16-58-45(38)69-47-43(65-27(7)53)41(64-26(6)52)40(63-25(5)51)36(67-47)20-60-23(3)49/h11-18,21,32,34,36,38-47H,19-20H2,1-10H3/b14-12+/t21-,32-,34+,36+,38+,39-,40+,41-,42+,43+,44+,45-,46-,47-/m0/s1. The van der Waals surface area contributed by atoms with Crippen LogP contribution in [-0.4, -0.2) is 148 Å². The van der Waals surface area contributed by atoms with E-state index in [1.54, 1.807) is 12.2 Å². The lowest BCUT2D eigenvalue weighted by atomic mass is 9.88. The first-order valence-corrected chi connectivity index (χ1v) is 22.4. The van der Waals surface area contributed by atoms with Gasteiger partial charge in [-0.05, 0) is 42.3 Å². The number of methoxy groups -OCH3 is 1. The van der Waals surface area contributed by atoms with Gasteiger partial charge in [-0.1, -0.05) is 12.1 Å². The van der Waals surface area contributed by atoms with Gasteiger partial charge in [-0.25, -0.2) is 14.4 Å². The zero-order valence-electron chi connectivity index (χ0n) is 41.2. The molecule has 4 aliphatic rings. The van der Waals surface area contributed by atoms with Crippen molar-refractivity contribution in [2.24, 2.45) is 11.8 Å². The van der Waals surface area contributed by atoms with Gasteiger partial charge in [0.2, 0.25) is 12.6 Å². The molecule has 5 rings (SSSR count). The normalized spacial score (nSPS) is 29.2. The van der Waals surface area contributed by atoms with Crippen LogP contribution in [0.25, 0.3) is 6.08 Å².